The molecule has 92 valence electrons. The van der Waals surface area contributed by atoms with Crippen molar-refractivity contribution >= 4 is 22.9 Å². The van der Waals surface area contributed by atoms with Crippen LogP contribution in [0.15, 0.2) is 18.3 Å². The molecular formula is C12H17N3OS. The molecule has 4 N–H and O–H groups in total. The fraction of sp³-hybridized carbons (Fsp3) is 0.500. The van der Waals surface area contributed by atoms with Crippen molar-refractivity contribution in [2.24, 2.45) is 5.73 Å². The lowest BCUT2D eigenvalue weighted by atomic mass is 9.93. The average molecular weight is 251 g/mol. The number of aliphatic hydroxyl groups excluding tert-OH is 1. The molecule has 1 aromatic rings. The van der Waals surface area contributed by atoms with Gasteiger partial charge in [0.25, 0.3) is 0 Å². The highest BCUT2D eigenvalue weighted by atomic mass is 32.1. The minimum atomic E-state index is -0.142. The average Bonchev–Trinajstić information content (AvgIpc) is 2.32. The second kappa shape index (κ2) is 5.42. The molecule has 0 aliphatic heterocycles. The number of nitrogens with two attached hydrogens (primary N) is 1. The van der Waals surface area contributed by atoms with Gasteiger partial charge in [0.1, 0.15) is 10.7 Å². The topological polar surface area (TPSA) is 71.2 Å². The zero-order valence-corrected chi connectivity index (χ0v) is 10.4. The molecule has 0 saturated heterocycles. The molecule has 1 heterocycles. The smallest absolute Gasteiger partial charge is 0.124 e. The number of hydrogen-bond acceptors (Lipinski definition) is 4. The van der Waals surface area contributed by atoms with Crippen LogP contribution in [0.25, 0.3) is 0 Å². The summed E-state index contributed by atoms with van der Waals surface area (Å²) in [5.74, 6) is 0. The summed E-state index contributed by atoms with van der Waals surface area (Å²) >= 11 is 4.97. The lowest BCUT2D eigenvalue weighted by molar-refractivity contribution is 0.126. The van der Waals surface area contributed by atoms with Crippen molar-refractivity contribution in [2.75, 3.05) is 5.32 Å². The third-order valence-electron chi connectivity index (χ3n) is 3.10. The molecule has 0 spiro atoms. The van der Waals surface area contributed by atoms with Crippen LogP contribution < -0.4 is 11.1 Å². The molecule has 0 radical (unpaired) electrons. The predicted octanol–water partition coefficient (Wildman–Crippen LogP) is 1.43. The third kappa shape index (κ3) is 3.14. The van der Waals surface area contributed by atoms with Gasteiger partial charge in [-0.3, -0.25) is 4.98 Å². The van der Waals surface area contributed by atoms with Gasteiger partial charge in [-0.2, -0.15) is 0 Å². The molecule has 0 amide bonds. The van der Waals surface area contributed by atoms with Crippen molar-refractivity contribution in [3.63, 3.8) is 0 Å². The van der Waals surface area contributed by atoms with E-state index in [0.29, 0.717) is 16.7 Å². The number of aromatic nitrogens is 1. The van der Waals surface area contributed by atoms with Crippen LogP contribution in [0.2, 0.25) is 0 Å². The monoisotopic (exact) mass is 251 g/mol. The highest BCUT2D eigenvalue weighted by Gasteiger charge is 2.20. The minimum absolute atomic E-state index is 0.142. The summed E-state index contributed by atoms with van der Waals surface area (Å²) in [5, 5.41) is 12.9. The fourth-order valence-electron chi connectivity index (χ4n) is 2.16. The molecule has 0 bridgehead atoms. The Kier molecular flexibility index (Phi) is 3.91. The van der Waals surface area contributed by atoms with Crippen molar-refractivity contribution in [3.8, 4) is 0 Å². The predicted molar refractivity (Wildman–Crippen MR) is 72.0 cm³/mol. The van der Waals surface area contributed by atoms with Gasteiger partial charge in [-0.25, -0.2) is 0 Å². The van der Waals surface area contributed by atoms with Crippen LogP contribution in [0.1, 0.15) is 31.4 Å². The lowest BCUT2D eigenvalue weighted by Gasteiger charge is -2.27. The Balaban J connectivity index is 2.05. The number of nitrogens with zero attached hydrogens (tertiary/aromatic N) is 1. The quantitative estimate of drug-likeness (QED) is 0.709. The number of nitrogens with one attached hydrogen (secondary N) is 1. The van der Waals surface area contributed by atoms with Gasteiger partial charge in [0.05, 0.1) is 11.8 Å². The molecule has 1 aliphatic rings. The number of thiocarbonyl (C=S) groups is 1. The molecule has 0 unspecified atom stereocenters. The van der Waals surface area contributed by atoms with E-state index in [-0.39, 0.29) is 6.10 Å². The van der Waals surface area contributed by atoms with Crippen LogP contribution in [-0.4, -0.2) is 27.2 Å². The van der Waals surface area contributed by atoms with Gasteiger partial charge in [0, 0.05) is 12.2 Å². The summed E-state index contributed by atoms with van der Waals surface area (Å²) < 4.78 is 0. The molecule has 0 atom stereocenters. The third-order valence-corrected chi connectivity index (χ3v) is 3.29. The Labute approximate surface area is 106 Å². The zero-order chi connectivity index (χ0) is 12.3. The van der Waals surface area contributed by atoms with Gasteiger partial charge in [-0.1, -0.05) is 12.2 Å². The van der Waals surface area contributed by atoms with E-state index in [1.54, 1.807) is 6.20 Å². The van der Waals surface area contributed by atoms with E-state index >= 15 is 0 Å². The second-order valence-electron chi connectivity index (χ2n) is 4.41. The van der Waals surface area contributed by atoms with Crippen molar-refractivity contribution < 1.29 is 5.11 Å². The molecule has 2 rings (SSSR count). The van der Waals surface area contributed by atoms with E-state index in [0.717, 1.165) is 31.4 Å². The molecule has 5 heteroatoms. The Hall–Kier alpha value is -1.20. The largest absolute Gasteiger partial charge is 0.393 e. The zero-order valence-electron chi connectivity index (χ0n) is 9.60. The SMILES string of the molecule is NC(=S)c1ncccc1NC1CCC(O)CC1. The first-order valence-corrected chi connectivity index (χ1v) is 6.27. The van der Waals surface area contributed by atoms with Crippen LogP contribution >= 0.6 is 12.2 Å². The van der Waals surface area contributed by atoms with Gasteiger partial charge in [-0.05, 0) is 37.8 Å². The van der Waals surface area contributed by atoms with Crippen molar-refractivity contribution in [3.05, 3.63) is 24.0 Å². The molecule has 4 nitrogen and oxygen atoms in total. The van der Waals surface area contributed by atoms with Crippen LogP contribution in [0, 0.1) is 0 Å². The summed E-state index contributed by atoms with van der Waals surface area (Å²) in [6.45, 7) is 0. The van der Waals surface area contributed by atoms with E-state index in [9.17, 15) is 5.11 Å². The van der Waals surface area contributed by atoms with Crippen molar-refractivity contribution in [1.82, 2.24) is 4.98 Å². The molecule has 17 heavy (non-hydrogen) atoms. The van der Waals surface area contributed by atoms with E-state index < -0.39 is 0 Å². The number of rotatable bonds is 3. The maximum atomic E-state index is 9.45. The van der Waals surface area contributed by atoms with E-state index in [2.05, 4.69) is 10.3 Å². The van der Waals surface area contributed by atoms with E-state index in [1.165, 1.54) is 0 Å². The second-order valence-corrected chi connectivity index (χ2v) is 4.85. The molecule has 0 aromatic carbocycles. The summed E-state index contributed by atoms with van der Waals surface area (Å²) in [6, 6.07) is 4.17. The number of aliphatic hydroxyl groups is 1. The van der Waals surface area contributed by atoms with Gasteiger partial charge >= 0.3 is 0 Å². The fourth-order valence-corrected chi connectivity index (χ4v) is 2.32. The van der Waals surface area contributed by atoms with Crippen LogP contribution in [0.5, 0.6) is 0 Å². The van der Waals surface area contributed by atoms with E-state index in [1.807, 2.05) is 12.1 Å². The molecule has 1 aromatic heterocycles. The standard InChI is InChI=1S/C12H17N3OS/c13-12(17)11-10(2-1-7-14-11)15-8-3-5-9(16)6-4-8/h1-2,7-9,15-16H,3-6H2,(H2,13,17). The first kappa shape index (κ1) is 12.3. The first-order valence-electron chi connectivity index (χ1n) is 5.86. The maximum absolute atomic E-state index is 9.45. The van der Waals surface area contributed by atoms with Gasteiger partial charge < -0.3 is 16.2 Å². The number of pyridine rings is 1. The maximum Gasteiger partial charge on any atom is 0.124 e. The summed E-state index contributed by atoms with van der Waals surface area (Å²) in [6.07, 6.45) is 5.17. The summed E-state index contributed by atoms with van der Waals surface area (Å²) in [5.41, 5.74) is 7.17. The summed E-state index contributed by atoms with van der Waals surface area (Å²) in [7, 11) is 0. The van der Waals surface area contributed by atoms with Gasteiger partial charge in [0.15, 0.2) is 0 Å². The number of anilines is 1. The van der Waals surface area contributed by atoms with Crippen LogP contribution in [0.4, 0.5) is 5.69 Å². The molecular weight excluding hydrogens is 234 g/mol. The number of hydrogen-bond donors (Lipinski definition) is 3. The minimum Gasteiger partial charge on any atom is -0.393 e. The Morgan fingerprint density at radius 1 is 1.41 bits per heavy atom. The lowest BCUT2D eigenvalue weighted by Crippen LogP contribution is -2.29. The normalized spacial score (nSPS) is 24.3. The Bertz CT molecular complexity index is 402. The Morgan fingerprint density at radius 2 is 2.12 bits per heavy atom. The summed E-state index contributed by atoms with van der Waals surface area (Å²) in [4.78, 5) is 4.49. The van der Waals surface area contributed by atoms with Gasteiger partial charge in [-0.15, -0.1) is 0 Å². The van der Waals surface area contributed by atoms with Gasteiger partial charge in [0.2, 0.25) is 0 Å². The Morgan fingerprint density at radius 3 is 2.76 bits per heavy atom. The van der Waals surface area contributed by atoms with Crippen molar-refractivity contribution in [1.29, 1.82) is 0 Å². The first-order chi connectivity index (χ1) is 8.16. The molecule has 1 saturated carbocycles. The van der Waals surface area contributed by atoms with Crippen molar-refractivity contribution in [2.45, 2.75) is 37.8 Å². The van der Waals surface area contributed by atoms with E-state index in [4.69, 9.17) is 18.0 Å². The highest BCUT2D eigenvalue weighted by molar-refractivity contribution is 7.80. The van der Waals surface area contributed by atoms with Crippen LogP contribution in [0.3, 0.4) is 0 Å². The molecule has 1 fully saturated rings. The molecule has 1 aliphatic carbocycles. The van der Waals surface area contributed by atoms with Crippen LogP contribution in [-0.2, 0) is 0 Å². The highest BCUT2D eigenvalue weighted by Crippen LogP contribution is 2.23.